The molecule has 1 amide bonds. The van der Waals surface area contributed by atoms with E-state index in [2.05, 4.69) is 22.3 Å². The van der Waals surface area contributed by atoms with Crippen LogP contribution >= 0.6 is 0 Å². The van der Waals surface area contributed by atoms with Crippen LogP contribution in [0.1, 0.15) is 26.3 Å². The van der Waals surface area contributed by atoms with Crippen molar-refractivity contribution < 1.29 is 14.3 Å². The number of carbonyl (C=O) groups is 1. The molecule has 1 aromatic carbocycles. The van der Waals surface area contributed by atoms with Crippen molar-refractivity contribution in [2.45, 2.75) is 51.4 Å². The number of likely N-dealkylation sites (tertiary alicyclic amines) is 1. The van der Waals surface area contributed by atoms with E-state index in [0.717, 1.165) is 13.1 Å². The van der Waals surface area contributed by atoms with E-state index in [1.807, 2.05) is 32.0 Å². The van der Waals surface area contributed by atoms with Crippen LogP contribution in [0.25, 0.3) is 0 Å². The summed E-state index contributed by atoms with van der Waals surface area (Å²) in [6.45, 7) is 7.69. The highest BCUT2D eigenvalue weighted by atomic mass is 16.8. The normalized spacial score (nSPS) is 30.2. The lowest BCUT2D eigenvalue weighted by Crippen LogP contribution is -2.45. The van der Waals surface area contributed by atoms with Crippen molar-refractivity contribution in [3.63, 3.8) is 0 Å². The fourth-order valence-electron chi connectivity index (χ4n) is 3.40. The monoisotopic (exact) mass is 304 g/mol. The number of benzene rings is 1. The largest absolute Gasteiger partial charge is 0.355 e. The highest BCUT2D eigenvalue weighted by molar-refractivity contribution is 5.72. The Morgan fingerprint density at radius 2 is 2.05 bits per heavy atom. The Kier molecular flexibility index (Phi) is 4.21. The summed E-state index contributed by atoms with van der Waals surface area (Å²) in [6, 6.07) is 10.5. The number of hydrogen-bond donors (Lipinski definition) is 1. The predicted octanol–water partition coefficient (Wildman–Crippen LogP) is 1.53. The molecule has 2 aliphatic rings. The zero-order chi connectivity index (χ0) is 15.7. The van der Waals surface area contributed by atoms with Gasteiger partial charge in [-0.2, -0.15) is 0 Å². The number of nitrogens with one attached hydrogen (secondary N) is 1. The van der Waals surface area contributed by atoms with Crippen molar-refractivity contribution in [1.82, 2.24) is 10.2 Å². The molecule has 3 rings (SSSR count). The van der Waals surface area contributed by atoms with Gasteiger partial charge in [-0.1, -0.05) is 30.3 Å². The summed E-state index contributed by atoms with van der Waals surface area (Å²) < 4.78 is 12.1. The number of carbonyl (C=O) groups excluding carboxylic acids is 1. The third kappa shape index (κ3) is 3.32. The number of hydrogen-bond acceptors (Lipinski definition) is 4. The lowest BCUT2D eigenvalue weighted by molar-refractivity contribution is -0.161. The molecule has 0 radical (unpaired) electrons. The average Bonchev–Trinajstić information content (AvgIpc) is 2.89. The first kappa shape index (κ1) is 15.5. The van der Waals surface area contributed by atoms with Crippen LogP contribution in [0.15, 0.2) is 30.3 Å². The summed E-state index contributed by atoms with van der Waals surface area (Å²) in [5.41, 5.74) is 1.26. The molecule has 120 valence electrons. The van der Waals surface area contributed by atoms with Crippen molar-refractivity contribution in [2.75, 3.05) is 13.1 Å². The summed E-state index contributed by atoms with van der Waals surface area (Å²) in [4.78, 5) is 13.6. The Balaban J connectivity index is 1.73. The van der Waals surface area contributed by atoms with E-state index in [1.165, 1.54) is 5.56 Å². The Labute approximate surface area is 131 Å². The molecule has 2 fully saturated rings. The molecule has 5 heteroatoms. The van der Waals surface area contributed by atoms with Gasteiger partial charge in [0.1, 0.15) is 12.2 Å². The predicted molar refractivity (Wildman–Crippen MR) is 83.1 cm³/mol. The van der Waals surface area contributed by atoms with Gasteiger partial charge in [-0.05, 0) is 19.4 Å². The standard InChI is InChI=1S/C17H24N2O3/c1-12(20)18-9-14-16-15(21-17(2,3)22-16)11-19(14)10-13-7-5-4-6-8-13/h4-8,14-16H,9-11H2,1-3H3,(H,18,20)/t14-,15+,16-/m1/s1. The molecule has 22 heavy (non-hydrogen) atoms. The van der Waals surface area contributed by atoms with E-state index < -0.39 is 5.79 Å². The SMILES string of the molecule is CC(=O)NC[C@@H]1[C@H]2OC(C)(C)O[C@H]2CN1Cc1ccccc1. The molecule has 1 aromatic rings. The molecule has 0 spiro atoms. The topological polar surface area (TPSA) is 50.8 Å². The maximum Gasteiger partial charge on any atom is 0.216 e. The molecule has 0 aromatic heterocycles. The van der Waals surface area contributed by atoms with Gasteiger partial charge < -0.3 is 14.8 Å². The highest BCUT2D eigenvalue weighted by Gasteiger charge is 2.52. The van der Waals surface area contributed by atoms with E-state index in [0.29, 0.717) is 6.54 Å². The van der Waals surface area contributed by atoms with Gasteiger partial charge in [0.25, 0.3) is 0 Å². The molecule has 0 aliphatic carbocycles. The van der Waals surface area contributed by atoms with Gasteiger partial charge in [0, 0.05) is 26.6 Å². The van der Waals surface area contributed by atoms with Crippen molar-refractivity contribution in [3.05, 3.63) is 35.9 Å². The third-order valence-electron chi connectivity index (χ3n) is 4.27. The van der Waals surface area contributed by atoms with Crippen LogP contribution in [0.4, 0.5) is 0 Å². The number of ether oxygens (including phenoxy) is 2. The van der Waals surface area contributed by atoms with E-state index in [4.69, 9.17) is 9.47 Å². The minimum absolute atomic E-state index is 0.00515. The van der Waals surface area contributed by atoms with Gasteiger partial charge in [-0.25, -0.2) is 0 Å². The van der Waals surface area contributed by atoms with Gasteiger partial charge in [0.05, 0.1) is 6.04 Å². The lowest BCUT2D eigenvalue weighted by atomic mass is 10.1. The minimum Gasteiger partial charge on any atom is -0.355 e. The highest BCUT2D eigenvalue weighted by Crippen LogP contribution is 2.37. The molecule has 2 saturated heterocycles. The molecule has 3 atom stereocenters. The maximum absolute atomic E-state index is 11.3. The Hall–Kier alpha value is -1.43. The molecule has 0 unspecified atom stereocenters. The Morgan fingerprint density at radius 3 is 2.73 bits per heavy atom. The van der Waals surface area contributed by atoms with Gasteiger partial charge in [0.2, 0.25) is 5.91 Å². The van der Waals surface area contributed by atoms with E-state index in [-0.39, 0.29) is 24.2 Å². The number of rotatable bonds is 4. The van der Waals surface area contributed by atoms with Crippen LogP contribution in [0.3, 0.4) is 0 Å². The molecule has 2 aliphatic heterocycles. The van der Waals surface area contributed by atoms with Crippen molar-refractivity contribution in [2.24, 2.45) is 0 Å². The Bertz CT molecular complexity index is 532. The first-order valence-electron chi connectivity index (χ1n) is 7.83. The zero-order valence-electron chi connectivity index (χ0n) is 13.4. The third-order valence-corrected chi connectivity index (χ3v) is 4.27. The second-order valence-electron chi connectivity index (χ2n) is 6.56. The van der Waals surface area contributed by atoms with Gasteiger partial charge in [-0.15, -0.1) is 0 Å². The average molecular weight is 304 g/mol. The van der Waals surface area contributed by atoms with Crippen LogP contribution in [0.5, 0.6) is 0 Å². The smallest absolute Gasteiger partial charge is 0.216 e. The van der Waals surface area contributed by atoms with Crippen molar-refractivity contribution in [3.8, 4) is 0 Å². The number of amides is 1. The molecular formula is C17H24N2O3. The van der Waals surface area contributed by atoms with Crippen LogP contribution in [-0.2, 0) is 20.8 Å². The van der Waals surface area contributed by atoms with E-state index in [9.17, 15) is 4.79 Å². The number of nitrogens with zero attached hydrogens (tertiary/aromatic N) is 1. The van der Waals surface area contributed by atoms with Crippen LogP contribution < -0.4 is 5.32 Å². The van der Waals surface area contributed by atoms with Gasteiger partial charge in [-0.3, -0.25) is 9.69 Å². The van der Waals surface area contributed by atoms with Crippen molar-refractivity contribution >= 4 is 5.91 Å². The summed E-state index contributed by atoms with van der Waals surface area (Å²) in [5.74, 6) is -0.552. The quantitative estimate of drug-likeness (QED) is 0.916. The Morgan fingerprint density at radius 1 is 1.32 bits per heavy atom. The molecule has 0 saturated carbocycles. The minimum atomic E-state index is -0.539. The summed E-state index contributed by atoms with van der Waals surface area (Å²) in [6.07, 6.45) is 0.0723. The van der Waals surface area contributed by atoms with Gasteiger partial charge in [0.15, 0.2) is 5.79 Å². The first-order valence-corrected chi connectivity index (χ1v) is 7.83. The molecular weight excluding hydrogens is 280 g/mol. The first-order chi connectivity index (χ1) is 10.4. The maximum atomic E-state index is 11.3. The van der Waals surface area contributed by atoms with Crippen molar-refractivity contribution in [1.29, 1.82) is 0 Å². The fraction of sp³-hybridized carbons (Fsp3) is 0.588. The van der Waals surface area contributed by atoms with Gasteiger partial charge >= 0.3 is 0 Å². The molecule has 5 nitrogen and oxygen atoms in total. The molecule has 1 N–H and O–H groups in total. The zero-order valence-corrected chi connectivity index (χ0v) is 13.4. The second-order valence-corrected chi connectivity index (χ2v) is 6.56. The summed E-state index contributed by atoms with van der Waals surface area (Å²) >= 11 is 0. The van der Waals surface area contributed by atoms with E-state index in [1.54, 1.807) is 6.92 Å². The lowest BCUT2D eigenvalue weighted by Gasteiger charge is -2.29. The summed E-state index contributed by atoms with van der Waals surface area (Å²) in [5, 5.41) is 2.93. The fourth-order valence-corrected chi connectivity index (χ4v) is 3.40. The van der Waals surface area contributed by atoms with Crippen LogP contribution in [0.2, 0.25) is 0 Å². The van der Waals surface area contributed by atoms with Crippen LogP contribution in [-0.4, -0.2) is 47.9 Å². The van der Waals surface area contributed by atoms with Crippen LogP contribution in [0, 0.1) is 0 Å². The van der Waals surface area contributed by atoms with E-state index >= 15 is 0 Å². The second kappa shape index (κ2) is 5.99. The summed E-state index contributed by atoms with van der Waals surface area (Å²) in [7, 11) is 0. The number of fused-ring (bicyclic) bond motifs is 1. The molecule has 0 bridgehead atoms. The molecule has 2 heterocycles.